The van der Waals surface area contributed by atoms with Crippen LogP contribution in [0.2, 0.25) is 0 Å². The fraction of sp³-hybridized carbons (Fsp3) is 0.800. The number of aliphatic hydroxyl groups is 1. The summed E-state index contributed by atoms with van der Waals surface area (Å²) < 4.78 is 0. The average Bonchev–Trinajstić information content (AvgIpc) is 2.16. The van der Waals surface area contributed by atoms with E-state index in [1.54, 1.807) is 0 Å². The fourth-order valence-electron chi connectivity index (χ4n) is 0.938. The average molecular weight is 130 g/mol. The van der Waals surface area contributed by atoms with Crippen molar-refractivity contribution in [2.75, 3.05) is 6.54 Å². The maximum absolute atomic E-state index is 10.4. The van der Waals surface area contributed by atoms with Crippen LogP contribution in [0.15, 0.2) is 0 Å². The number of amides is 1. The highest BCUT2D eigenvalue weighted by molar-refractivity contribution is 5.82. The lowest BCUT2D eigenvalue weighted by Crippen LogP contribution is -2.51. The van der Waals surface area contributed by atoms with E-state index in [4.69, 9.17) is 5.73 Å². The molecular weight excluding hydrogens is 120 g/mol. The smallest absolute Gasteiger partial charge is 0.264 e. The first-order valence-corrected chi connectivity index (χ1v) is 2.92. The molecule has 0 spiro atoms. The Morgan fingerprint density at radius 3 is 2.67 bits per heavy atom. The van der Waals surface area contributed by atoms with E-state index in [0.717, 1.165) is 6.42 Å². The first-order valence-electron chi connectivity index (χ1n) is 2.92. The number of nitrogens with two attached hydrogens (primary N) is 1. The molecule has 1 atom stereocenters. The van der Waals surface area contributed by atoms with Gasteiger partial charge in [-0.25, -0.2) is 0 Å². The number of hydrogen-bond acceptors (Lipinski definition) is 3. The molecule has 52 valence electrons. The summed E-state index contributed by atoms with van der Waals surface area (Å²) in [5.41, 5.74) is 3.46. The third kappa shape index (κ3) is 1.04. The Kier molecular flexibility index (Phi) is 1.42. The molecule has 4 N–H and O–H groups in total. The van der Waals surface area contributed by atoms with Crippen molar-refractivity contribution < 1.29 is 9.90 Å². The number of nitrogens with one attached hydrogen (secondary N) is 1. The van der Waals surface area contributed by atoms with E-state index in [0.29, 0.717) is 13.0 Å². The van der Waals surface area contributed by atoms with Crippen LogP contribution < -0.4 is 11.1 Å². The first-order chi connectivity index (χ1) is 4.15. The molecule has 9 heavy (non-hydrogen) atoms. The molecule has 1 heterocycles. The molecule has 0 aromatic rings. The van der Waals surface area contributed by atoms with Crippen LogP contribution in [0, 0.1) is 0 Å². The SMILES string of the molecule is NC(=O)[C@]1(O)CCCN1. The molecule has 1 fully saturated rings. The minimum absolute atomic E-state index is 0.433. The summed E-state index contributed by atoms with van der Waals surface area (Å²) in [7, 11) is 0. The van der Waals surface area contributed by atoms with Crippen LogP contribution in [-0.4, -0.2) is 23.3 Å². The number of carbonyl (C=O) groups excluding carboxylic acids is 1. The third-order valence-electron chi connectivity index (χ3n) is 1.54. The van der Waals surface area contributed by atoms with Gasteiger partial charge >= 0.3 is 0 Å². The van der Waals surface area contributed by atoms with Gasteiger partial charge in [0.1, 0.15) is 0 Å². The van der Waals surface area contributed by atoms with Gasteiger partial charge in [-0.3, -0.25) is 10.1 Å². The summed E-state index contributed by atoms with van der Waals surface area (Å²) in [5.74, 6) is -0.681. The van der Waals surface area contributed by atoms with Crippen LogP contribution in [0.3, 0.4) is 0 Å². The van der Waals surface area contributed by atoms with E-state index in [-0.39, 0.29) is 0 Å². The highest BCUT2D eigenvalue weighted by atomic mass is 16.3. The summed E-state index contributed by atoms with van der Waals surface area (Å²) in [6.45, 7) is 0.666. The molecule has 0 aromatic heterocycles. The van der Waals surface area contributed by atoms with Crippen LogP contribution in [-0.2, 0) is 4.79 Å². The van der Waals surface area contributed by atoms with Gasteiger partial charge in [-0.05, 0) is 13.0 Å². The Hall–Kier alpha value is -0.610. The zero-order valence-corrected chi connectivity index (χ0v) is 5.05. The fourth-order valence-corrected chi connectivity index (χ4v) is 0.938. The van der Waals surface area contributed by atoms with Crippen molar-refractivity contribution in [3.05, 3.63) is 0 Å². The van der Waals surface area contributed by atoms with Crippen molar-refractivity contribution in [3.8, 4) is 0 Å². The molecule has 0 radical (unpaired) electrons. The van der Waals surface area contributed by atoms with E-state index < -0.39 is 11.6 Å². The van der Waals surface area contributed by atoms with E-state index in [2.05, 4.69) is 5.32 Å². The lowest BCUT2D eigenvalue weighted by molar-refractivity contribution is -0.137. The molecule has 4 heteroatoms. The van der Waals surface area contributed by atoms with Crippen LogP contribution in [0.1, 0.15) is 12.8 Å². The van der Waals surface area contributed by atoms with Gasteiger partial charge < -0.3 is 10.8 Å². The van der Waals surface area contributed by atoms with Gasteiger partial charge in [-0.15, -0.1) is 0 Å². The Morgan fingerprint density at radius 1 is 1.78 bits per heavy atom. The minimum atomic E-state index is -1.42. The normalized spacial score (nSPS) is 34.8. The second kappa shape index (κ2) is 1.97. The second-order valence-corrected chi connectivity index (χ2v) is 2.25. The summed E-state index contributed by atoms with van der Waals surface area (Å²) in [6.07, 6.45) is 1.24. The molecule has 1 saturated heterocycles. The predicted octanol–water partition coefficient (Wildman–Crippen LogP) is -1.46. The van der Waals surface area contributed by atoms with Crippen molar-refractivity contribution in [1.29, 1.82) is 0 Å². The standard InChI is InChI=1S/C5H10N2O2/c6-4(8)5(9)2-1-3-7-5/h7,9H,1-3H2,(H2,6,8)/t5-/m1/s1. The third-order valence-corrected chi connectivity index (χ3v) is 1.54. The van der Waals surface area contributed by atoms with Gasteiger partial charge in [0.15, 0.2) is 5.72 Å². The number of primary amides is 1. The molecule has 1 rings (SSSR count). The summed E-state index contributed by atoms with van der Waals surface area (Å²) in [4.78, 5) is 10.4. The van der Waals surface area contributed by atoms with Crippen LogP contribution in [0.5, 0.6) is 0 Å². The summed E-state index contributed by atoms with van der Waals surface area (Å²) in [5, 5.41) is 11.8. The van der Waals surface area contributed by atoms with Gasteiger partial charge in [0.25, 0.3) is 5.91 Å². The molecule has 1 aliphatic heterocycles. The molecular formula is C5H10N2O2. The van der Waals surface area contributed by atoms with Crippen molar-refractivity contribution in [2.45, 2.75) is 18.6 Å². The highest BCUT2D eigenvalue weighted by Gasteiger charge is 2.36. The van der Waals surface area contributed by atoms with Gasteiger partial charge in [-0.2, -0.15) is 0 Å². The molecule has 0 unspecified atom stereocenters. The lowest BCUT2D eigenvalue weighted by Gasteiger charge is -2.16. The zero-order valence-electron chi connectivity index (χ0n) is 5.05. The van der Waals surface area contributed by atoms with Gasteiger partial charge in [-0.1, -0.05) is 0 Å². The van der Waals surface area contributed by atoms with E-state index in [9.17, 15) is 9.90 Å². The molecule has 0 bridgehead atoms. The van der Waals surface area contributed by atoms with Crippen LogP contribution in [0.25, 0.3) is 0 Å². The van der Waals surface area contributed by atoms with Gasteiger partial charge in [0.05, 0.1) is 0 Å². The van der Waals surface area contributed by atoms with Crippen molar-refractivity contribution in [1.82, 2.24) is 5.32 Å². The Labute approximate surface area is 53.0 Å². The quantitative estimate of drug-likeness (QED) is 0.406. The molecule has 1 amide bonds. The Balaban J connectivity index is 2.61. The monoisotopic (exact) mass is 130 g/mol. The highest BCUT2D eigenvalue weighted by Crippen LogP contribution is 2.14. The Morgan fingerprint density at radius 2 is 2.44 bits per heavy atom. The van der Waals surface area contributed by atoms with Gasteiger partial charge in [0, 0.05) is 6.42 Å². The predicted molar refractivity (Wildman–Crippen MR) is 31.4 cm³/mol. The number of hydrogen-bond donors (Lipinski definition) is 3. The second-order valence-electron chi connectivity index (χ2n) is 2.25. The Bertz CT molecular complexity index is 129. The van der Waals surface area contributed by atoms with Gasteiger partial charge in [0.2, 0.25) is 0 Å². The maximum Gasteiger partial charge on any atom is 0.264 e. The lowest BCUT2D eigenvalue weighted by atomic mass is 10.1. The van der Waals surface area contributed by atoms with Crippen LogP contribution >= 0.6 is 0 Å². The van der Waals surface area contributed by atoms with E-state index >= 15 is 0 Å². The van der Waals surface area contributed by atoms with Crippen molar-refractivity contribution >= 4 is 5.91 Å². The minimum Gasteiger partial charge on any atom is -0.367 e. The molecule has 0 aliphatic carbocycles. The zero-order chi connectivity index (χ0) is 6.91. The first kappa shape index (κ1) is 6.51. The van der Waals surface area contributed by atoms with E-state index in [1.165, 1.54) is 0 Å². The summed E-state index contributed by atoms with van der Waals surface area (Å²) >= 11 is 0. The van der Waals surface area contributed by atoms with Crippen LogP contribution in [0.4, 0.5) is 0 Å². The topological polar surface area (TPSA) is 75.4 Å². The largest absolute Gasteiger partial charge is 0.367 e. The van der Waals surface area contributed by atoms with Crippen molar-refractivity contribution in [2.24, 2.45) is 5.73 Å². The molecule has 4 nitrogen and oxygen atoms in total. The summed E-state index contributed by atoms with van der Waals surface area (Å²) in [6, 6.07) is 0. The molecule has 1 aliphatic rings. The molecule has 0 aromatic carbocycles. The molecule has 0 saturated carbocycles. The number of carbonyl (C=O) groups is 1. The maximum atomic E-state index is 10.4. The van der Waals surface area contributed by atoms with Crippen molar-refractivity contribution in [3.63, 3.8) is 0 Å². The van der Waals surface area contributed by atoms with E-state index in [1.807, 2.05) is 0 Å². The number of rotatable bonds is 1.